The zero-order chi connectivity index (χ0) is 8.39. The van der Waals surface area contributed by atoms with Crippen molar-refractivity contribution in [3.05, 3.63) is 0 Å². The Balaban J connectivity index is 1.87. The van der Waals surface area contributed by atoms with Crippen LogP contribution in [0.4, 0.5) is 0 Å². The van der Waals surface area contributed by atoms with Crippen molar-refractivity contribution in [2.75, 3.05) is 13.1 Å². The Kier molecular flexibility index (Phi) is 2.69. The quantitative estimate of drug-likeness (QED) is 0.680. The fourth-order valence-electron chi connectivity index (χ4n) is 2.78. The summed E-state index contributed by atoms with van der Waals surface area (Å²) in [6, 6.07) is 0. The van der Waals surface area contributed by atoms with E-state index in [-0.39, 0.29) is 0 Å². The van der Waals surface area contributed by atoms with Crippen LogP contribution in [-0.2, 0) is 0 Å². The maximum Gasteiger partial charge on any atom is -0.00178 e. The Morgan fingerprint density at radius 2 is 2.08 bits per heavy atom. The van der Waals surface area contributed by atoms with Crippen LogP contribution >= 0.6 is 0 Å². The summed E-state index contributed by atoms with van der Waals surface area (Å²) in [4.78, 5) is 0. The van der Waals surface area contributed by atoms with Crippen LogP contribution in [0.1, 0.15) is 39.0 Å². The minimum absolute atomic E-state index is 1.01. The molecule has 12 heavy (non-hydrogen) atoms. The Labute approximate surface area is 75.9 Å². The Morgan fingerprint density at radius 1 is 1.25 bits per heavy atom. The van der Waals surface area contributed by atoms with Crippen LogP contribution in [0.15, 0.2) is 0 Å². The maximum absolute atomic E-state index is 3.53. The zero-order valence-electron chi connectivity index (χ0n) is 8.18. The molecule has 0 aromatic heterocycles. The van der Waals surface area contributed by atoms with Crippen LogP contribution in [0.2, 0.25) is 0 Å². The SMILES string of the molecule is CCCC1CNCCC1C1CC1. The van der Waals surface area contributed by atoms with Gasteiger partial charge in [0.2, 0.25) is 0 Å². The van der Waals surface area contributed by atoms with E-state index in [2.05, 4.69) is 12.2 Å². The molecule has 2 rings (SSSR count). The second-order valence-corrected chi connectivity index (χ2v) is 4.54. The molecule has 1 N–H and O–H groups in total. The fourth-order valence-corrected chi connectivity index (χ4v) is 2.78. The first-order valence-electron chi connectivity index (χ1n) is 5.62. The molecule has 1 nitrogen and oxygen atoms in total. The van der Waals surface area contributed by atoms with Gasteiger partial charge < -0.3 is 5.32 Å². The standard InChI is InChI=1S/C11H21N/c1-2-3-10-8-12-7-6-11(10)9-4-5-9/h9-12H,2-8H2,1H3. The van der Waals surface area contributed by atoms with Crippen LogP contribution in [-0.4, -0.2) is 13.1 Å². The summed E-state index contributed by atoms with van der Waals surface area (Å²) in [5.41, 5.74) is 0. The van der Waals surface area contributed by atoms with Crippen molar-refractivity contribution >= 4 is 0 Å². The molecule has 0 radical (unpaired) electrons. The van der Waals surface area contributed by atoms with Crippen LogP contribution in [0.25, 0.3) is 0 Å². The van der Waals surface area contributed by atoms with E-state index in [0.717, 1.165) is 17.8 Å². The zero-order valence-corrected chi connectivity index (χ0v) is 8.18. The molecular weight excluding hydrogens is 146 g/mol. The number of nitrogens with one attached hydrogen (secondary N) is 1. The second kappa shape index (κ2) is 3.78. The van der Waals surface area contributed by atoms with Gasteiger partial charge in [-0.25, -0.2) is 0 Å². The molecule has 0 bridgehead atoms. The molecule has 70 valence electrons. The molecule has 2 fully saturated rings. The minimum Gasteiger partial charge on any atom is -0.316 e. The summed E-state index contributed by atoms with van der Waals surface area (Å²) >= 11 is 0. The third kappa shape index (κ3) is 1.82. The Bertz CT molecular complexity index is 138. The molecule has 1 saturated carbocycles. The first-order chi connectivity index (χ1) is 5.92. The minimum atomic E-state index is 1.01. The highest BCUT2D eigenvalue weighted by Crippen LogP contribution is 2.44. The van der Waals surface area contributed by atoms with Crippen molar-refractivity contribution in [2.24, 2.45) is 17.8 Å². The third-order valence-corrected chi connectivity index (χ3v) is 3.55. The fraction of sp³-hybridized carbons (Fsp3) is 1.00. The summed E-state index contributed by atoms with van der Waals surface area (Å²) < 4.78 is 0. The molecular formula is C11H21N. The van der Waals surface area contributed by atoms with Gasteiger partial charge in [-0.15, -0.1) is 0 Å². The third-order valence-electron chi connectivity index (χ3n) is 3.55. The highest BCUT2D eigenvalue weighted by atomic mass is 14.9. The lowest BCUT2D eigenvalue weighted by Crippen LogP contribution is -2.37. The van der Waals surface area contributed by atoms with Crippen molar-refractivity contribution in [1.82, 2.24) is 5.32 Å². The molecule has 0 aromatic carbocycles. The van der Waals surface area contributed by atoms with Crippen LogP contribution < -0.4 is 5.32 Å². The van der Waals surface area contributed by atoms with Gasteiger partial charge in [0.15, 0.2) is 0 Å². The molecule has 2 atom stereocenters. The number of hydrogen-bond acceptors (Lipinski definition) is 1. The van der Waals surface area contributed by atoms with Gasteiger partial charge in [-0.1, -0.05) is 13.3 Å². The smallest absolute Gasteiger partial charge is 0.00178 e. The predicted molar refractivity (Wildman–Crippen MR) is 52.1 cm³/mol. The summed E-state index contributed by atoms with van der Waals surface area (Å²) in [6.07, 6.45) is 7.34. The molecule has 0 amide bonds. The van der Waals surface area contributed by atoms with Gasteiger partial charge in [-0.3, -0.25) is 0 Å². The molecule has 2 unspecified atom stereocenters. The van der Waals surface area contributed by atoms with Crippen molar-refractivity contribution in [1.29, 1.82) is 0 Å². The molecule has 0 aromatic rings. The van der Waals surface area contributed by atoms with Gasteiger partial charge in [0.1, 0.15) is 0 Å². The average Bonchev–Trinajstić information content (AvgIpc) is 2.89. The van der Waals surface area contributed by atoms with Crippen molar-refractivity contribution in [2.45, 2.75) is 39.0 Å². The predicted octanol–water partition coefficient (Wildman–Crippen LogP) is 2.42. The maximum atomic E-state index is 3.53. The van der Waals surface area contributed by atoms with Crippen LogP contribution in [0.3, 0.4) is 0 Å². The van der Waals surface area contributed by atoms with Gasteiger partial charge in [0.05, 0.1) is 0 Å². The van der Waals surface area contributed by atoms with Gasteiger partial charge in [-0.05, 0) is 56.5 Å². The van der Waals surface area contributed by atoms with Crippen LogP contribution in [0, 0.1) is 17.8 Å². The monoisotopic (exact) mass is 167 g/mol. The van der Waals surface area contributed by atoms with Crippen LogP contribution in [0.5, 0.6) is 0 Å². The van der Waals surface area contributed by atoms with Crippen molar-refractivity contribution in [3.63, 3.8) is 0 Å². The molecule has 1 aliphatic carbocycles. The highest BCUT2D eigenvalue weighted by molar-refractivity contribution is 4.89. The normalized spacial score (nSPS) is 36.8. The lowest BCUT2D eigenvalue weighted by Gasteiger charge is -2.32. The molecule has 1 saturated heterocycles. The molecule has 1 heteroatoms. The lowest BCUT2D eigenvalue weighted by molar-refractivity contribution is 0.213. The number of rotatable bonds is 3. The number of hydrogen-bond donors (Lipinski definition) is 1. The van der Waals surface area contributed by atoms with Gasteiger partial charge in [0.25, 0.3) is 0 Å². The topological polar surface area (TPSA) is 12.0 Å². The van der Waals surface area contributed by atoms with E-state index in [9.17, 15) is 0 Å². The number of piperidine rings is 1. The van der Waals surface area contributed by atoms with E-state index in [4.69, 9.17) is 0 Å². The Hall–Kier alpha value is -0.0400. The summed E-state index contributed by atoms with van der Waals surface area (Å²) in [5.74, 6) is 3.23. The average molecular weight is 167 g/mol. The first kappa shape index (κ1) is 8.55. The first-order valence-corrected chi connectivity index (χ1v) is 5.62. The van der Waals surface area contributed by atoms with Gasteiger partial charge in [0, 0.05) is 0 Å². The van der Waals surface area contributed by atoms with E-state index in [0.29, 0.717) is 0 Å². The molecule has 0 spiro atoms. The lowest BCUT2D eigenvalue weighted by atomic mass is 9.80. The van der Waals surface area contributed by atoms with E-state index in [1.54, 1.807) is 0 Å². The molecule has 2 aliphatic rings. The van der Waals surface area contributed by atoms with Crippen molar-refractivity contribution < 1.29 is 0 Å². The summed E-state index contributed by atoms with van der Waals surface area (Å²) in [6.45, 7) is 4.90. The Morgan fingerprint density at radius 3 is 2.75 bits per heavy atom. The molecule has 1 heterocycles. The van der Waals surface area contributed by atoms with Crippen molar-refractivity contribution in [3.8, 4) is 0 Å². The summed E-state index contributed by atoms with van der Waals surface area (Å²) in [7, 11) is 0. The molecule has 1 aliphatic heterocycles. The van der Waals surface area contributed by atoms with Gasteiger partial charge in [-0.2, -0.15) is 0 Å². The van der Waals surface area contributed by atoms with Gasteiger partial charge >= 0.3 is 0 Å². The van der Waals surface area contributed by atoms with E-state index >= 15 is 0 Å². The van der Waals surface area contributed by atoms with E-state index in [1.165, 1.54) is 45.2 Å². The largest absolute Gasteiger partial charge is 0.316 e. The van der Waals surface area contributed by atoms with E-state index in [1.807, 2.05) is 0 Å². The highest BCUT2D eigenvalue weighted by Gasteiger charge is 2.36. The van der Waals surface area contributed by atoms with E-state index < -0.39 is 0 Å². The second-order valence-electron chi connectivity index (χ2n) is 4.54. The summed E-state index contributed by atoms with van der Waals surface area (Å²) in [5, 5.41) is 3.53.